The van der Waals surface area contributed by atoms with Crippen LogP contribution < -0.4 is 5.32 Å². The molecule has 3 N–H and O–H groups in total. The molecule has 3 aliphatic carbocycles. The molecule has 0 aromatic heterocycles. The van der Waals surface area contributed by atoms with E-state index in [1.807, 2.05) is 0 Å². The summed E-state index contributed by atoms with van der Waals surface area (Å²) in [5.74, 6) is -3.45. The van der Waals surface area contributed by atoms with Gasteiger partial charge in [-0.3, -0.25) is 4.79 Å². The number of hydrogen-bond acceptors (Lipinski definition) is 5. The first kappa shape index (κ1) is 24.6. The van der Waals surface area contributed by atoms with E-state index in [1.54, 1.807) is 0 Å². The van der Waals surface area contributed by atoms with Crippen molar-refractivity contribution >= 4 is 33.0 Å². The van der Waals surface area contributed by atoms with Crippen LogP contribution in [0.5, 0.6) is 0 Å². The fraction of sp³-hybridized carbons (Fsp3) is 0.480. The molecule has 2 aromatic rings. The van der Waals surface area contributed by atoms with Crippen molar-refractivity contribution in [2.45, 2.75) is 60.4 Å². The average Bonchev–Trinajstić information content (AvgIpc) is 3.64. The molecule has 0 aliphatic heterocycles. The molecule has 3 aliphatic rings. The number of sulfone groups is 1. The normalized spacial score (nSPS) is 29.1. The molecule has 188 valence electrons. The standard InChI is InChI=1S/C25H26ClF2NO5S/c26-19-7-3-14(24(31)29-17-6-8-20(27)21(28)12-17)9-22(19)35(33,34)18-10-15-4-5-16(11-18)25(15,32)23(30)13-1-2-13/h3,6-9,12-13,15-16,18,23,30,32H,1-2,4-5,10-11H2,(H,29,31)/t15-,16?,18?,23?,25?/m0/s1. The first-order valence-corrected chi connectivity index (χ1v) is 13.6. The summed E-state index contributed by atoms with van der Waals surface area (Å²) in [6.45, 7) is 0. The van der Waals surface area contributed by atoms with Crippen molar-refractivity contribution in [2.75, 3.05) is 5.32 Å². The third-order valence-corrected chi connectivity index (χ3v) is 10.6. The predicted octanol–water partition coefficient (Wildman–Crippen LogP) is 4.33. The van der Waals surface area contributed by atoms with Gasteiger partial charge in [-0.25, -0.2) is 17.2 Å². The lowest BCUT2D eigenvalue weighted by Gasteiger charge is -2.45. The quantitative estimate of drug-likeness (QED) is 0.520. The van der Waals surface area contributed by atoms with Crippen LogP contribution >= 0.6 is 11.6 Å². The number of carbonyl (C=O) groups excluding carboxylic acids is 1. The van der Waals surface area contributed by atoms with E-state index in [0.717, 1.165) is 25.0 Å². The summed E-state index contributed by atoms with van der Waals surface area (Å²) in [6.07, 6.45) is 2.64. The van der Waals surface area contributed by atoms with Crippen LogP contribution in [0.3, 0.4) is 0 Å². The molecule has 10 heteroatoms. The first-order valence-electron chi connectivity index (χ1n) is 11.7. The minimum Gasteiger partial charge on any atom is -0.390 e. The summed E-state index contributed by atoms with van der Waals surface area (Å²) >= 11 is 6.26. The van der Waals surface area contributed by atoms with Crippen molar-refractivity contribution in [3.8, 4) is 0 Å². The molecule has 0 saturated heterocycles. The van der Waals surface area contributed by atoms with Gasteiger partial charge in [0.1, 0.15) is 0 Å². The number of hydrogen-bond donors (Lipinski definition) is 3. The van der Waals surface area contributed by atoms with Crippen LogP contribution in [0.25, 0.3) is 0 Å². The molecule has 4 unspecified atom stereocenters. The van der Waals surface area contributed by atoms with Crippen molar-refractivity contribution in [2.24, 2.45) is 17.8 Å². The summed E-state index contributed by atoms with van der Waals surface area (Å²) in [5.41, 5.74) is -1.24. The van der Waals surface area contributed by atoms with Crippen LogP contribution in [0.2, 0.25) is 5.02 Å². The zero-order valence-corrected chi connectivity index (χ0v) is 20.3. The van der Waals surface area contributed by atoms with E-state index in [0.29, 0.717) is 12.8 Å². The molecule has 2 aromatic carbocycles. The summed E-state index contributed by atoms with van der Waals surface area (Å²) < 4.78 is 53.9. The average molecular weight is 526 g/mol. The number of benzene rings is 2. The number of fused-ring (bicyclic) bond motifs is 2. The lowest BCUT2D eigenvalue weighted by atomic mass is 9.70. The second-order valence-electron chi connectivity index (χ2n) is 10.0. The van der Waals surface area contributed by atoms with E-state index < -0.39 is 44.3 Å². The first-order chi connectivity index (χ1) is 16.5. The Morgan fingerprint density at radius 1 is 1.03 bits per heavy atom. The molecular weight excluding hydrogens is 500 g/mol. The Morgan fingerprint density at radius 2 is 1.69 bits per heavy atom. The molecule has 5 rings (SSSR count). The molecule has 5 atom stereocenters. The van der Waals surface area contributed by atoms with E-state index in [9.17, 15) is 32.2 Å². The van der Waals surface area contributed by atoms with Crippen molar-refractivity contribution in [3.05, 3.63) is 58.6 Å². The van der Waals surface area contributed by atoms with Crippen molar-refractivity contribution in [1.82, 2.24) is 0 Å². The second kappa shape index (κ2) is 8.80. The Hall–Kier alpha value is -2.07. The molecule has 3 saturated carbocycles. The van der Waals surface area contributed by atoms with Crippen molar-refractivity contribution < 1.29 is 32.2 Å². The summed E-state index contributed by atoms with van der Waals surface area (Å²) in [5, 5.41) is 23.7. The highest BCUT2D eigenvalue weighted by atomic mass is 35.5. The molecular formula is C25H26ClF2NO5S. The smallest absolute Gasteiger partial charge is 0.255 e. The fourth-order valence-electron chi connectivity index (χ4n) is 5.89. The highest BCUT2D eigenvalue weighted by Crippen LogP contribution is 2.56. The SMILES string of the molecule is O=C(Nc1ccc(F)c(F)c1)c1ccc(Cl)c(S(=O)(=O)C2CC3CC[C@@H](C2)C3(O)C(O)C2CC2)c1. The fourth-order valence-corrected chi connectivity index (χ4v) is 8.29. The number of halogens is 3. The molecule has 3 fully saturated rings. The molecule has 6 nitrogen and oxygen atoms in total. The lowest BCUT2D eigenvalue weighted by Crippen LogP contribution is -2.56. The van der Waals surface area contributed by atoms with Crippen LogP contribution in [0.15, 0.2) is 41.3 Å². The minimum atomic E-state index is -3.95. The van der Waals surface area contributed by atoms with Gasteiger partial charge >= 0.3 is 0 Å². The van der Waals surface area contributed by atoms with Gasteiger partial charge in [-0.1, -0.05) is 11.6 Å². The maximum absolute atomic E-state index is 13.6. The number of aliphatic hydroxyl groups excluding tert-OH is 1. The number of anilines is 1. The van der Waals surface area contributed by atoms with Crippen molar-refractivity contribution in [1.29, 1.82) is 0 Å². The number of aliphatic hydroxyl groups is 2. The van der Waals surface area contributed by atoms with Gasteiger partial charge in [-0.2, -0.15) is 0 Å². The number of amides is 1. The van der Waals surface area contributed by atoms with E-state index in [2.05, 4.69) is 5.32 Å². The maximum atomic E-state index is 13.6. The number of rotatable bonds is 6. The van der Waals surface area contributed by atoms with E-state index in [4.69, 9.17) is 11.6 Å². The largest absolute Gasteiger partial charge is 0.390 e. The Kier molecular flexibility index (Phi) is 6.19. The number of carbonyl (C=O) groups is 1. The van der Waals surface area contributed by atoms with Crippen LogP contribution in [-0.4, -0.2) is 41.5 Å². The van der Waals surface area contributed by atoms with Gasteiger partial charge in [0.05, 0.1) is 26.9 Å². The van der Waals surface area contributed by atoms with Gasteiger partial charge in [-0.15, -0.1) is 0 Å². The van der Waals surface area contributed by atoms with Crippen LogP contribution in [-0.2, 0) is 9.84 Å². The Morgan fingerprint density at radius 3 is 2.29 bits per heavy atom. The minimum absolute atomic E-state index is 0.00264. The monoisotopic (exact) mass is 525 g/mol. The third-order valence-electron chi connectivity index (χ3n) is 7.92. The third kappa shape index (κ3) is 4.26. The zero-order valence-electron chi connectivity index (χ0n) is 18.8. The van der Waals surface area contributed by atoms with Gasteiger partial charge in [-0.05, 0) is 86.6 Å². The van der Waals surface area contributed by atoms with Gasteiger partial charge in [0.15, 0.2) is 21.5 Å². The molecule has 35 heavy (non-hydrogen) atoms. The van der Waals surface area contributed by atoms with Crippen LogP contribution in [0.4, 0.5) is 14.5 Å². The Labute approximate surface area is 207 Å². The van der Waals surface area contributed by atoms with E-state index in [-0.39, 0.29) is 51.8 Å². The van der Waals surface area contributed by atoms with Gasteiger partial charge in [0.2, 0.25) is 0 Å². The highest BCUT2D eigenvalue weighted by molar-refractivity contribution is 7.92. The van der Waals surface area contributed by atoms with E-state index in [1.165, 1.54) is 24.3 Å². The van der Waals surface area contributed by atoms with Crippen LogP contribution in [0, 0.1) is 29.4 Å². The highest BCUT2D eigenvalue weighted by Gasteiger charge is 2.61. The zero-order chi connectivity index (χ0) is 25.1. The summed E-state index contributed by atoms with van der Waals surface area (Å²) in [4.78, 5) is 12.5. The summed E-state index contributed by atoms with van der Waals surface area (Å²) in [7, 11) is -3.95. The molecule has 2 bridgehead atoms. The summed E-state index contributed by atoms with van der Waals surface area (Å²) in [6, 6.07) is 6.76. The van der Waals surface area contributed by atoms with E-state index >= 15 is 0 Å². The van der Waals surface area contributed by atoms with Crippen molar-refractivity contribution in [3.63, 3.8) is 0 Å². The molecule has 0 heterocycles. The lowest BCUT2D eigenvalue weighted by molar-refractivity contribution is -0.149. The van der Waals surface area contributed by atoms with Crippen LogP contribution in [0.1, 0.15) is 48.9 Å². The van der Waals surface area contributed by atoms with Gasteiger partial charge in [0, 0.05) is 17.3 Å². The molecule has 1 amide bonds. The maximum Gasteiger partial charge on any atom is 0.255 e. The second-order valence-corrected chi connectivity index (χ2v) is 12.6. The number of nitrogens with one attached hydrogen (secondary N) is 1. The predicted molar refractivity (Wildman–Crippen MR) is 126 cm³/mol. The topological polar surface area (TPSA) is 104 Å². The Balaban J connectivity index is 1.38. The Bertz CT molecular complexity index is 1270. The van der Waals surface area contributed by atoms with Gasteiger partial charge in [0.25, 0.3) is 5.91 Å². The van der Waals surface area contributed by atoms with Gasteiger partial charge < -0.3 is 15.5 Å². The molecule has 0 spiro atoms. The molecule has 0 radical (unpaired) electrons.